The predicted octanol–water partition coefficient (Wildman–Crippen LogP) is 1.05. The van der Waals surface area contributed by atoms with E-state index in [9.17, 15) is 9.59 Å². The van der Waals surface area contributed by atoms with Crippen molar-refractivity contribution in [3.8, 4) is 0 Å². The zero-order valence-electron chi connectivity index (χ0n) is 12.2. The Kier molecular flexibility index (Phi) is 6.27. The van der Waals surface area contributed by atoms with Gasteiger partial charge in [-0.1, -0.05) is 6.42 Å². The summed E-state index contributed by atoms with van der Waals surface area (Å²) in [5.74, 6) is 0.532. The lowest BCUT2D eigenvalue weighted by Gasteiger charge is -2.31. The van der Waals surface area contributed by atoms with E-state index in [1.54, 1.807) is 4.90 Å². The van der Waals surface area contributed by atoms with Crippen LogP contribution >= 0.6 is 12.4 Å². The Labute approximate surface area is 127 Å². The number of carbonyl (C=O) groups is 2. The number of hydrogen-bond acceptors (Lipinski definition) is 3. The van der Waals surface area contributed by atoms with Crippen LogP contribution < -0.4 is 11.1 Å². The number of rotatable bonds is 5. The molecule has 1 heterocycles. The first kappa shape index (κ1) is 17.2. The molecule has 20 heavy (non-hydrogen) atoms. The lowest BCUT2D eigenvalue weighted by atomic mass is 9.96. The Balaban J connectivity index is 0.00000200. The van der Waals surface area contributed by atoms with Gasteiger partial charge in [0.05, 0.1) is 12.1 Å². The molecule has 2 rings (SSSR count). The van der Waals surface area contributed by atoms with Crippen molar-refractivity contribution in [2.75, 3.05) is 19.6 Å². The van der Waals surface area contributed by atoms with Crippen molar-refractivity contribution in [2.24, 2.45) is 11.7 Å². The molecule has 1 saturated carbocycles. The molecule has 5 nitrogen and oxygen atoms in total. The fourth-order valence-electron chi connectivity index (χ4n) is 2.78. The Morgan fingerprint density at radius 1 is 1.40 bits per heavy atom. The molecule has 0 aromatic carbocycles. The molecule has 1 aliphatic heterocycles. The van der Waals surface area contributed by atoms with Gasteiger partial charge in [-0.05, 0) is 38.5 Å². The van der Waals surface area contributed by atoms with Crippen LogP contribution in [0.1, 0.15) is 45.4 Å². The number of nitrogens with one attached hydrogen (secondary N) is 1. The molecule has 6 heteroatoms. The molecule has 0 spiro atoms. The third kappa shape index (κ3) is 4.35. The average Bonchev–Trinajstić information content (AvgIpc) is 3.20. The van der Waals surface area contributed by atoms with Crippen LogP contribution in [0.25, 0.3) is 0 Å². The number of amides is 2. The van der Waals surface area contributed by atoms with E-state index in [4.69, 9.17) is 5.73 Å². The van der Waals surface area contributed by atoms with E-state index in [2.05, 4.69) is 5.32 Å². The Morgan fingerprint density at radius 3 is 2.70 bits per heavy atom. The lowest BCUT2D eigenvalue weighted by molar-refractivity contribution is -0.136. The number of halogens is 1. The van der Waals surface area contributed by atoms with E-state index in [1.807, 2.05) is 6.92 Å². The molecule has 0 radical (unpaired) electrons. The van der Waals surface area contributed by atoms with Gasteiger partial charge in [0, 0.05) is 19.5 Å². The van der Waals surface area contributed by atoms with Gasteiger partial charge in [0.2, 0.25) is 11.8 Å². The van der Waals surface area contributed by atoms with Crippen LogP contribution in [-0.2, 0) is 9.59 Å². The first-order valence-corrected chi connectivity index (χ1v) is 7.34. The van der Waals surface area contributed by atoms with Gasteiger partial charge in [0.25, 0.3) is 0 Å². The van der Waals surface area contributed by atoms with Crippen molar-refractivity contribution in [3.05, 3.63) is 0 Å². The highest BCUT2D eigenvalue weighted by Crippen LogP contribution is 2.38. The molecule has 0 aromatic rings. The molecule has 2 aliphatic rings. The summed E-state index contributed by atoms with van der Waals surface area (Å²) >= 11 is 0. The second-order valence-electron chi connectivity index (χ2n) is 6.07. The van der Waals surface area contributed by atoms with Gasteiger partial charge >= 0.3 is 0 Å². The summed E-state index contributed by atoms with van der Waals surface area (Å²) in [4.78, 5) is 25.7. The van der Waals surface area contributed by atoms with Gasteiger partial charge in [-0.25, -0.2) is 0 Å². The monoisotopic (exact) mass is 303 g/mol. The molecule has 2 amide bonds. The van der Waals surface area contributed by atoms with Crippen LogP contribution in [-0.4, -0.2) is 41.9 Å². The largest absolute Gasteiger partial charge is 0.348 e. The van der Waals surface area contributed by atoms with Crippen LogP contribution in [0.2, 0.25) is 0 Å². The first-order valence-electron chi connectivity index (χ1n) is 7.34. The van der Waals surface area contributed by atoms with Crippen LogP contribution in [0, 0.1) is 5.92 Å². The number of nitrogens with two attached hydrogens (primary N) is 1. The van der Waals surface area contributed by atoms with Crippen molar-refractivity contribution >= 4 is 24.2 Å². The van der Waals surface area contributed by atoms with Gasteiger partial charge < -0.3 is 16.0 Å². The molecule has 0 aromatic heterocycles. The number of nitrogens with zero attached hydrogens (tertiary/aromatic N) is 1. The van der Waals surface area contributed by atoms with E-state index >= 15 is 0 Å². The third-order valence-corrected chi connectivity index (χ3v) is 4.33. The fraction of sp³-hybridized carbons (Fsp3) is 0.857. The molecule has 1 unspecified atom stereocenters. The fourth-order valence-corrected chi connectivity index (χ4v) is 2.78. The van der Waals surface area contributed by atoms with Gasteiger partial charge in [-0.15, -0.1) is 12.4 Å². The van der Waals surface area contributed by atoms with Crippen LogP contribution in [0.4, 0.5) is 0 Å². The van der Waals surface area contributed by atoms with E-state index < -0.39 is 0 Å². The smallest absolute Gasteiger partial charge is 0.240 e. The summed E-state index contributed by atoms with van der Waals surface area (Å²) in [5, 5.41) is 3.04. The maximum Gasteiger partial charge on any atom is 0.240 e. The topological polar surface area (TPSA) is 75.4 Å². The van der Waals surface area contributed by atoms with Crippen molar-refractivity contribution in [2.45, 2.75) is 51.0 Å². The first-order chi connectivity index (χ1) is 9.05. The van der Waals surface area contributed by atoms with E-state index in [1.165, 1.54) is 0 Å². The minimum Gasteiger partial charge on any atom is -0.348 e. The van der Waals surface area contributed by atoms with Crippen molar-refractivity contribution in [1.29, 1.82) is 0 Å². The van der Waals surface area contributed by atoms with Crippen LogP contribution in [0.5, 0.6) is 0 Å². The zero-order valence-corrected chi connectivity index (χ0v) is 13.0. The number of carbonyl (C=O) groups excluding carboxylic acids is 2. The molecular formula is C14H26ClN3O2. The van der Waals surface area contributed by atoms with Crippen LogP contribution in [0.3, 0.4) is 0 Å². The molecule has 0 bridgehead atoms. The Bertz CT molecular complexity index is 360. The number of likely N-dealkylation sites (tertiary alicyclic amines) is 1. The minimum absolute atomic E-state index is 0. The third-order valence-electron chi connectivity index (χ3n) is 4.33. The average molecular weight is 304 g/mol. The second-order valence-corrected chi connectivity index (χ2v) is 6.07. The maximum absolute atomic E-state index is 12.1. The standard InChI is InChI=1S/C14H25N3O2.ClH/c1-14(10-15,11-6-7-11)16-12(18)9-17-8-4-2-3-5-13(17)19;/h11H,2-10,15H2,1H3,(H,16,18);1H. The van der Waals surface area contributed by atoms with Gasteiger partial charge in [-0.2, -0.15) is 0 Å². The molecule has 1 aliphatic carbocycles. The quantitative estimate of drug-likeness (QED) is 0.797. The lowest BCUT2D eigenvalue weighted by Crippen LogP contribution is -2.55. The van der Waals surface area contributed by atoms with E-state index in [0.717, 1.165) is 32.1 Å². The van der Waals surface area contributed by atoms with Crippen molar-refractivity contribution < 1.29 is 9.59 Å². The maximum atomic E-state index is 12.1. The Hall–Kier alpha value is -0.810. The normalized spacial score (nSPS) is 22.5. The summed E-state index contributed by atoms with van der Waals surface area (Å²) in [6.45, 7) is 3.35. The predicted molar refractivity (Wildman–Crippen MR) is 80.6 cm³/mol. The molecule has 3 N–H and O–H groups in total. The van der Waals surface area contributed by atoms with Gasteiger partial charge in [0.15, 0.2) is 0 Å². The van der Waals surface area contributed by atoms with Crippen molar-refractivity contribution in [1.82, 2.24) is 10.2 Å². The highest BCUT2D eigenvalue weighted by atomic mass is 35.5. The van der Waals surface area contributed by atoms with Gasteiger partial charge in [-0.3, -0.25) is 9.59 Å². The van der Waals surface area contributed by atoms with E-state index in [-0.39, 0.29) is 36.3 Å². The summed E-state index contributed by atoms with van der Waals surface area (Å²) in [7, 11) is 0. The highest BCUT2D eigenvalue weighted by molar-refractivity contribution is 5.85. The second kappa shape index (κ2) is 7.27. The number of hydrogen-bond donors (Lipinski definition) is 2. The zero-order chi connectivity index (χ0) is 13.9. The van der Waals surface area contributed by atoms with Crippen molar-refractivity contribution in [3.63, 3.8) is 0 Å². The molecule has 2 fully saturated rings. The SMILES string of the molecule is CC(CN)(NC(=O)CN1CCCCCC1=O)C1CC1.Cl. The minimum atomic E-state index is -0.300. The Morgan fingerprint density at radius 2 is 2.10 bits per heavy atom. The summed E-state index contributed by atoms with van der Waals surface area (Å²) in [6.07, 6.45) is 5.86. The van der Waals surface area contributed by atoms with Gasteiger partial charge in [0.1, 0.15) is 0 Å². The molecular weight excluding hydrogens is 278 g/mol. The highest BCUT2D eigenvalue weighted by Gasteiger charge is 2.41. The van der Waals surface area contributed by atoms with E-state index in [0.29, 0.717) is 25.4 Å². The van der Waals surface area contributed by atoms with Crippen LogP contribution in [0.15, 0.2) is 0 Å². The summed E-state index contributed by atoms with van der Waals surface area (Å²) < 4.78 is 0. The summed E-state index contributed by atoms with van der Waals surface area (Å²) in [5.41, 5.74) is 5.49. The molecule has 116 valence electrons. The molecule has 1 saturated heterocycles. The molecule has 1 atom stereocenters. The summed E-state index contributed by atoms with van der Waals surface area (Å²) in [6, 6.07) is 0.